The highest BCUT2D eigenvalue weighted by atomic mass is 16.5. The second-order valence-electron chi connectivity index (χ2n) is 5.36. The second-order valence-corrected chi connectivity index (χ2v) is 5.36. The fourth-order valence-electron chi connectivity index (χ4n) is 2.33. The highest BCUT2D eigenvalue weighted by molar-refractivity contribution is 5.97. The first-order valence-corrected chi connectivity index (χ1v) is 8.35. The van der Waals surface area contributed by atoms with E-state index in [0.717, 1.165) is 52.5 Å². The number of likely N-dealkylation sites (N-methyl/N-ethyl adjacent to an activating group) is 1. The standard InChI is InChI=1S/C16H29N5O2/c1-3-20(4-2)7-5-18-14-15(13-17)16(22)19-6-8-21-9-11-23-12-10-21/h14,18H,3-12H2,1-2H3,(H,19,22)/b15-14-. The van der Waals surface area contributed by atoms with E-state index in [1.54, 1.807) is 0 Å². The Kier molecular flexibility index (Phi) is 10.0. The SMILES string of the molecule is CCN(CC)CCN/C=C(/C#N)C(=O)NCCN1CCOCC1. The smallest absolute Gasteiger partial charge is 0.263 e. The number of nitriles is 1. The van der Waals surface area contributed by atoms with E-state index in [0.29, 0.717) is 13.1 Å². The van der Waals surface area contributed by atoms with Gasteiger partial charge >= 0.3 is 0 Å². The van der Waals surface area contributed by atoms with Crippen molar-refractivity contribution in [2.24, 2.45) is 0 Å². The lowest BCUT2D eigenvalue weighted by Crippen LogP contribution is -2.41. The zero-order valence-electron chi connectivity index (χ0n) is 14.3. The van der Waals surface area contributed by atoms with Gasteiger partial charge in [-0.2, -0.15) is 5.26 Å². The molecule has 7 heteroatoms. The fraction of sp³-hybridized carbons (Fsp3) is 0.750. The molecule has 1 aliphatic rings. The van der Waals surface area contributed by atoms with E-state index in [2.05, 4.69) is 34.3 Å². The summed E-state index contributed by atoms with van der Waals surface area (Å²) >= 11 is 0. The number of hydrogen-bond donors (Lipinski definition) is 2. The molecule has 0 spiro atoms. The maximum absolute atomic E-state index is 12.0. The molecule has 1 fully saturated rings. The van der Waals surface area contributed by atoms with Crippen LogP contribution in [0.2, 0.25) is 0 Å². The third-order valence-electron chi connectivity index (χ3n) is 3.90. The topological polar surface area (TPSA) is 80.6 Å². The Morgan fingerprint density at radius 1 is 1.30 bits per heavy atom. The quantitative estimate of drug-likeness (QED) is 0.328. The Hall–Kier alpha value is -1.62. The molecule has 1 amide bonds. The van der Waals surface area contributed by atoms with E-state index in [1.165, 1.54) is 6.20 Å². The van der Waals surface area contributed by atoms with Crippen molar-refractivity contribution in [3.05, 3.63) is 11.8 Å². The van der Waals surface area contributed by atoms with Gasteiger partial charge in [0.2, 0.25) is 0 Å². The Morgan fingerprint density at radius 2 is 2.00 bits per heavy atom. The first-order valence-electron chi connectivity index (χ1n) is 8.35. The molecule has 0 atom stereocenters. The van der Waals surface area contributed by atoms with Crippen molar-refractivity contribution in [2.75, 3.05) is 65.6 Å². The first-order chi connectivity index (χ1) is 11.2. The molecular weight excluding hydrogens is 294 g/mol. The molecule has 0 bridgehead atoms. The largest absolute Gasteiger partial charge is 0.388 e. The minimum Gasteiger partial charge on any atom is -0.388 e. The average molecular weight is 323 g/mol. The van der Waals surface area contributed by atoms with Crippen LogP contribution < -0.4 is 10.6 Å². The molecular formula is C16H29N5O2. The van der Waals surface area contributed by atoms with Crippen LogP contribution in [0.1, 0.15) is 13.8 Å². The molecule has 0 aromatic rings. The summed E-state index contributed by atoms with van der Waals surface area (Å²) in [5.41, 5.74) is 0.117. The molecule has 7 nitrogen and oxygen atoms in total. The van der Waals surface area contributed by atoms with Crippen LogP contribution in [-0.4, -0.2) is 81.3 Å². The van der Waals surface area contributed by atoms with Crippen molar-refractivity contribution >= 4 is 5.91 Å². The van der Waals surface area contributed by atoms with Crippen molar-refractivity contribution in [1.29, 1.82) is 5.26 Å². The first kappa shape index (κ1) is 19.4. The van der Waals surface area contributed by atoms with Crippen LogP contribution in [-0.2, 0) is 9.53 Å². The second kappa shape index (κ2) is 11.9. The minimum absolute atomic E-state index is 0.117. The number of ether oxygens (including phenoxy) is 1. The van der Waals surface area contributed by atoms with Crippen LogP contribution in [0.15, 0.2) is 11.8 Å². The zero-order valence-corrected chi connectivity index (χ0v) is 14.3. The number of nitrogens with zero attached hydrogens (tertiary/aromatic N) is 3. The lowest BCUT2D eigenvalue weighted by atomic mass is 10.3. The fourth-order valence-corrected chi connectivity index (χ4v) is 2.33. The van der Waals surface area contributed by atoms with Crippen molar-refractivity contribution in [3.63, 3.8) is 0 Å². The minimum atomic E-state index is -0.323. The molecule has 1 saturated heterocycles. The third-order valence-corrected chi connectivity index (χ3v) is 3.90. The molecule has 130 valence electrons. The van der Waals surface area contributed by atoms with Crippen molar-refractivity contribution < 1.29 is 9.53 Å². The van der Waals surface area contributed by atoms with Gasteiger partial charge in [0, 0.05) is 45.5 Å². The molecule has 2 N–H and O–H groups in total. The maximum Gasteiger partial charge on any atom is 0.263 e. The predicted octanol–water partition coefficient (Wildman–Crippen LogP) is -0.226. The molecule has 1 aliphatic heterocycles. The molecule has 1 rings (SSSR count). The molecule has 0 saturated carbocycles. The number of nitrogens with one attached hydrogen (secondary N) is 2. The summed E-state index contributed by atoms with van der Waals surface area (Å²) in [7, 11) is 0. The van der Waals surface area contributed by atoms with E-state index in [4.69, 9.17) is 10.00 Å². The predicted molar refractivity (Wildman–Crippen MR) is 89.8 cm³/mol. The average Bonchev–Trinajstić information content (AvgIpc) is 2.59. The lowest BCUT2D eigenvalue weighted by Gasteiger charge is -2.26. The number of carbonyl (C=O) groups is 1. The molecule has 0 aromatic carbocycles. The van der Waals surface area contributed by atoms with Gasteiger partial charge in [0.05, 0.1) is 13.2 Å². The number of rotatable bonds is 10. The van der Waals surface area contributed by atoms with Crippen LogP contribution in [0.5, 0.6) is 0 Å². The monoisotopic (exact) mass is 323 g/mol. The van der Waals surface area contributed by atoms with E-state index in [-0.39, 0.29) is 11.5 Å². The molecule has 0 radical (unpaired) electrons. The Morgan fingerprint density at radius 3 is 2.61 bits per heavy atom. The van der Waals surface area contributed by atoms with Crippen LogP contribution >= 0.6 is 0 Å². The van der Waals surface area contributed by atoms with Crippen molar-refractivity contribution in [2.45, 2.75) is 13.8 Å². The Balaban J connectivity index is 2.25. The van der Waals surface area contributed by atoms with Crippen LogP contribution in [0, 0.1) is 11.3 Å². The number of carbonyl (C=O) groups excluding carboxylic acids is 1. The molecule has 1 heterocycles. The molecule has 0 unspecified atom stereocenters. The van der Waals surface area contributed by atoms with E-state index >= 15 is 0 Å². The van der Waals surface area contributed by atoms with Crippen LogP contribution in [0.4, 0.5) is 0 Å². The van der Waals surface area contributed by atoms with E-state index < -0.39 is 0 Å². The van der Waals surface area contributed by atoms with Gasteiger partial charge in [0.15, 0.2) is 0 Å². The van der Waals surface area contributed by atoms with E-state index in [1.807, 2.05) is 6.07 Å². The van der Waals surface area contributed by atoms with Crippen LogP contribution in [0.3, 0.4) is 0 Å². The molecule has 0 aromatic heterocycles. The number of morpholine rings is 1. The van der Waals surface area contributed by atoms with Gasteiger partial charge in [-0.1, -0.05) is 13.8 Å². The Bertz CT molecular complexity index is 409. The zero-order chi connectivity index (χ0) is 16.9. The molecule has 0 aliphatic carbocycles. The van der Waals surface area contributed by atoms with Gasteiger partial charge in [-0.15, -0.1) is 0 Å². The van der Waals surface area contributed by atoms with Crippen molar-refractivity contribution in [3.8, 4) is 6.07 Å². The normalized spacial score (nSPS) is 16.2. The van der Waals surface area contributed by atoms with Crippen molar-refractivity contribution in [1.82, 2.24) is 20.4 Å². The summed E-state index contributed by atoms with van der Waals surface area (Å²) in [5, 5.41) is 14.9. The summed E-state index contributed by atoms with van der Waals surface area (Å²) in [5.74, 6) is -0.323. The lowest BCUT2D eigenvalue weighted by molar-refractivity contribution is -0.117. The van der Waals surface area contributed by atoms with Gasteiger partial charge in [0.25, 0.3) is 5.91 Å². The van der Waals surface area contributed by atoms with Crippen LogP contribution in [0.25, 0.3) is 0 Å². The summed E-state index contributed by atoms with van der Waals surface area (Å²) in [6.07, 6.45) is 1.51. The van der Waals surface area contributed by atoms with E-state index in [9.17, 15) is 4.79 Å². The highest BCUT2D eigenvalue weighted by Crippen LogP contribution is 1.96. The number of hydrogen-bond acceptors (Lipinski definition) is 6. The Labute approximate surface area is 139 Å². The van der Waals surface area contributed by atoms with Gasteiger partial charge in [-0.25, -0.2) is 0 Å². The third kappa shape index (κ3) is 7.98. The summed E-state index contributed by atoms with van der Waals surface area (Å²) in [6, 6.07) is 1.95. The highest BCUT2D eigenvalue weighted by Gasteiger charge is 2.12. The van der Waals surface area contributed by atoms with Gasteiger partial charge in [0.1, 0.15) is 11.6 Å². The van der Waals surface area contributed by atoms with Gasteiger partial charge in [-0.05, 0) is 13.1 Å². The summed E-state index contributed by atoms with van der Waals surface area (Å²) in [6.45, 7) is 12.4. The van der Waals surface area contributed by atoms with Gasteiger partial charge < -0.3 is 20.3 Å². The maximum atomic E-state index is 12.0. The van der Waals surface area contributed by atoms with Gasteiger partial charge in [-0.3, -0.25) is 9.69 Å². The summed E-state index contributed by atoms with van der Waals surface area (Å²) in [4.78, 5) is 16.5. The molecule has 23 heavy (non-hydrogen) atoms. The number of amides is 1. The summed E-state index contributed by atoms with van der Waals surface area (Å²) < 4.78 is 5.28.